The van der Waals surface area contributed by atoms with E-state index >= 15 is 0 Å². The third-order valence-electron chi connectivity index (χ3n) is 4.49. The van der Waals surface area contributed by atoms with Crippen molar-refractivity contribution in [3.8, 4) is 11.3 Å². The van der Waals surface area contributed by atoms with Crippen molar-refractivity contribution < 1.29 is 4.79 Å². The summed E-state index contributed by atoms with van der Waals surface area (Å²) in [5, 5.41) is 3.18. The Hall–Kier alpha value is -1.72. The number of aryl methyl sites for hydroxylation is 1. The Morgan fingerprint density at radius 3 is 2.96 bits per heavy atom. The lowest BCUT2D eigenvalue weighted by Gasteiger charge is -2.22. The molecule has 0 bridgehead atoms. The molecule has 1 amide bonds. The maximum atomic E-state index is 12.6. The lowest BCUT2D eigenvalue weighted by Crippen LogP contribution is -2.38. The van der Waals surface area contributed by atoms with Crippen LogP contribution in [-0.4, -0.2) is 42.5 Å². The van der Waals surface area contributed by atoms with Gasteiger partial charge in [0.05, 0.1) is 17.2 Å². The third-order valence-corrected chi connectivity index (χ3v) is 5.26. The normalized spacial score (nSPS) is 13.6. The minimum Gasteiger partial charge on any atom is -0.311 e. The van der Waals surface area contributed by atoms with E-state index in [2.05, 4.69) is 40.4 Å². The van der Waals surface area contributed by atoms with E-state index in [0.29, 0.717) is 6.54 Å². The number of carbonyl (C=O) groups excluding carboxylic acids is 1. The highest BCUT2D eigenvalue weighted by Crippen LogP contribution is 2.32. The van der Waals surface area contributed by atoms with Crippen LogP contribution < -0.4 is 4.90 Å². The molecule has 1 aliphatic heterocycles. The number of anilines is 1. The fourth-order valence-corrected chi connectivity index (χ4v) is 3.76. The van der Waals surface area contributed by atoms with Crippen molar-refractivity contribution in [1.82, 2.24) is 9.88 Å². The molecular weight excluding hydrogens is 318 g/mol. The van der Waals surface area contributed by atoms with Crippen LogP contribution in [0.4, 0.5) is 5.69 Å². The van der Waals surface area contributed by atoms with Gasteiger partial charge in [0.1, 0.15) is 0 Å². The van der Waals surface area contributed by atoms with Gasteiger partial charge in [0.15, 0.2) is 0 Å². The average Bonchev–Trinajstić information content (AvgIpc) is 3.18. The molecule has 1 aromatic heterocycles. The zero-order chi connectivity index (χ0) is 17.1. The SMILES string of the molecule is CCCCN(C)CC(=O)N1CCc2cc(-c3csc(C)n3)ccc21. The fraction of sp³-hybridized carbons (Fsp3) is 0.474. The van der Waals surface area contributed by atoms with Crippen LogP contribution in [0.2, 0.25) is 0 Å². The van der Waals surface area contributed by atoms with Gasteiger partial charge in [-0.25, -0.2) is 4.98 Å². The summed E-state index contributed by atoms with van der Waals surface area (Å²) in [4.78, 5) is 21.2. The molecule has 128 valence electrons. The molecule has 4 nitrogen and oxygen atoms in total. The molecule has 0 saturated heterocycles. The highest BCUT2D eigenvalue weighted by molar-refractivity contribution is 7.09. The Morgan fingerprint density at radius 1 is 1.42 bits per heavy atom. The van der Waals surface area contributed by atoms with Crippen molar-refractivity contribution in [3.63, 3.8) is 0 Å². The summed E-state index contributed by atoms with van der Waals surface area (Å²) >= 11 is 1.67. The van der Waals surface area contributed by atoms with Gasteiger partial charge < -0.3 is 4.90 Å². The number of unbranched alkanes of at least 4 members (excludes halogenated alkanes) is 1. The first kappa shape index (κ1) is 17.1. The van der Waals surface area contributed by atoms with Crippen LogP contribution >= 0.6 is 11.3 Å². The van der Waals surface area contributed by atoms with E-state index in [0.717, 1.165) is 54.3 Å². The zero-order valence-corrected chi connectivity index (χ0v) is 15.5. The summed E-state index contributed by atoms with van der Waals surface area (Å²) in [7, 11) is 2.03. The summed E-state index contributed by atoms with van der Waals surface area (Å²) in [5.74, 6) is 0.199. The van der Waals surface area contributed by atoms with Crippen LogP contribution in [0.3, 0.4) is 0 Å². The first-order chi connectivity index (χ1) is 11.6. The number of rotatable bonds is 6. The standard InChI is InChI=1S/C19H25N3OS/c1-4-5-9-21(3)12-19(23)22-10-8-16-11-15(6-7-18(16)22)17-13-24-14(2)20-17/h6-7,11,13H,4-5,8-10,12H2,1-3H3. The number of benzene rings is 1. The van der Waals surface area contributed by atoms with Crippen LogP contribution in [0.25, 0.3) is 11.3 Å². The molecule has 0 spiro atoms. The maximum absolute atomic E-state index is 12.6. The molecular formula is C19H25N3OS. The highest BCUT2D eigenvalue weighted by atomic mass is 32.1. The second kappa shape index (κ2) is 7.45. The first-order valence-electron chi connectivity index (χ1n) is 8.63. The van der Waals surface area contributed by atoms with Crippen molar-refractivity contribution in [2.75, 3.05) is 31.6 Å². The summed E-state index contributed by atoms with van der Waals surface area (Å²) in [6.07, 6.45) is 3.22. The Kier molecular flexibility index (Phi) is 5.31. The Morgan fingerprint density at radius 2 is 2.25 bits per heavy atom. The quantitative estimate of drug-likeness (QED) is 0.802. The van der Waals surface area contributed by atoms with Crippen LogP contribution in [0.5, 0.6) is 0 Å². The molecule has 24 heavy (non-hydrogen) atoms. The predicted octanol–water partition coefficient (Wildman–Crippen LogP) is 3.74. The Labute approximate surface area is 148 Å². The van der Waals surface area contributed by atoms with Gasteiger partial charge in [-0.15, -0.1) is 11.3 Å². The second-order valence-electron chi connectivity index (χ2n) is 6.48. The molecule has 3 rings (SSSR count). The molecule has 0 unspecified atom stereocenters. The van der Waals surface area contributed by atoms with Gasteiger partial charge in [-0.3, -0.25) is 9.69 Å². The van der Waals surface area contributed by atoms with Gasteiger partial charge in [-0.05, 0) is 51.1 Å². The van der Waals surface area contributed by atoms with Crippen LogP contribution in [0, 0.1) is 6.92 Å². The minimum absolute atomic E-state index is 0.199. The van der Waals surface area contributed by atoms with Gasteiger partial charge in [-0.1, -0.05) is 19.4 Å². The van der Waals surface area contributed by atoms with Crippen molar-refractivity contribution in [1.29, 1.82) is 0 Å². The minimum atomic E-state index is 0.199. The molecule has 5 heteroatoms. The van der Waals surface area contributed by atoms with Gasteiger partial charge in [0.25, 0.3) is 0 Å². The smallest absolute Gasteiger partial charge is 0.241 e. The number of nitrogens with zero attached hydrogens (tertiary/aromatic N) is 3. The largest absolute Gasteiger partial charge is 0.311 e. The van der Waals surface area contributed by atoms with E-state index in [1.54, 1.807) is 11.3 Å². The fourth-order valence-electron chi connectivity index (χ4n) is 3.14. The molecule has 0 radical (unpaired) electrons. The molecule has 0 N–H and O–H groups in total. The van der Waals surface area contributed by atoms with Gasteiger partial charge in [-0.2, -0.15) is 0 Å². The van der Waals surface area contributed by atoms with Crippen molar-refractivity contribution >= 4 is 22.9 Å². The number of fused-ring (bicyclic) bond motifs is 1. The van der Waals surface area contributed by atoms with Crippen LogP contribution in [-0.2, 0) is 11.2 Å². The topological polar surface area (TPSA) is 36.4 Å². The zero-order valence-electron chi connectivity index (χ0n) is 14.7. The highest BCUT2D eigenvalue weighted by Gasteiger charge is 2.25. The number of hydrogen-bond acceptors (Lipinski definition) is 4. The van der Waals surface area contributed by atoms with Crippen molar-refractivity contribution in [2.45, 2.75) is 33.1 Å². The number of likely N-dealkylation sites (N-methyl/N-ethyl adjacent to an activating group) is 1. The third kappa shape index (κ3) is 3.68. The summed E-state index contributed by atoms with van der Waals surface area (Å²) in [6.45, 7) is 6.46. The van der Waals surface area contributed by atoms with E-state index in [1.807, 2.05) is 18.9 Å². The number of thiazole rings is 1. The maximum Gasteiger partial charge on any atom is 0.241 e. The van der Waals surface area contributed by atoms with E-state index < -0.39 is 0 Å². The van der Waals surface area contributed by atoms with Crippen molar-refractivity contribution in [2.24, 2.45) is 0 Å². The molecule has 2 aromatic rings. The lowest BCUT2D eigenvalue weighted by atomic mass is 10.1. The van der Waals surface area contributed by atoms with Crippen LogP contribution in [0.1, 0.15) is 30.3 Å². The molecule has 0 saturated carbocycles. The van der Waals surface area contributed by atoms with Gasteiger partial charge >= 0.3 is 0 Å². The van der Waals surface area contributed by atoms with E-state index in [9.17, 15) is 4.79 Å². The molecule has 1 aliphatic rings. The summed E-state index contributed by atoms with van der Waals surface area (Å²) in [6, 6.07) is 6.36. The predicted molar refractivity (Wildman–Crippen MR) is 101 cm³/mol. The van der Waals surface area contributed by atoms with Gasteiger partial charge in [0, 0.05) is 23.2 Å². The molecule has 0 fully saturated rings. The summed E-state index contributed by atoms with van der Waals surface area (Å²) in [5.41, 5.74) is 4.50. The average molecular weight is 343 g/mol. The summed E-state index contributed by atoms with van der Waals surface area (Å²) < 4.78 is 0. The molecule has 0 aliphatic carbocycles. The first-order valence-corrected chi connectivity index (χ1v) is 9.50. The second-order valence-corrected chi connectivity index (χ2v) is 7.54. The molecule has 1 aromatic carbocycles. The molecule has 2 heterocycles. The number of aromatic nitrogens is 1. The number of carbonyl (C=O) groups is 1. The number of hydrogen-bond donors (Lipinski definition) is 0. The Bertz CT molecular complexity index is 725. The Balaban J connectivity index is 1.72. The van der Waals surface area contributed by atoms with Gasteiger partial charge in [0.2, 0.25) is 5.91 Å². The van der Waals surface area contributed by atoms with E-state index in [4.69, 9.17) is 0 Å². The lowest BCUT2D eigenvalue weighted by molar-refractivity contribution is -0.119. The number of amides is 1. The van der Waals surface area contributed by atoms with E-state index in [-0.39, 0.29) is 5.91 Å². The van der Waals surface area contributed by atoms with Crippen molar-refractivity contribution in [3.05, 3.63) is 34.2 Å². The van der Waals surface area contributed by atoms with E-state index in [1.165, 1.54) is 5.56 Å². The monoisotopic (exact) mass is 343 g/mol. The van der Waals surface area contributed by atoms with Crippen LogP contribution in [0.15, 0.2) is 23.6 Å². The molecule has 0 atom stereocenters.